The SMILES string of the molecule is CCn1ncc(NC2CCCCCC2N)c(Br)c1=O. The third kappa shape index (κ3) is 3.36. The van der Waals surface area contributed by atoms with Crippen LogP contribution in [0.5, 0.6) is 0 Å². The molecule has 2 unspecified atom stereocenters. The van der Waals surface area contributed by atoms with Gasteiger partial charge >= 0.3 is 0 Å². The number of aromatic nitrogens is 2. The summed E-state index contributed by atoms with van der Waals surface area (Å²) in [5, 5.41) is 7.53. The summed E-state index contributed by atoms with van der Waals surface area (Å²) in [6.45, 7) is 2.47. The lowest BCUT2D eigenvalue weighted by atomic mass is 10.0. The third-order valence-electron chi connectivity index (χ3n) is 3.69. The molecule has 19 heavy (non-hydrogen) atoms. The van der Waals surface area contributed by atoms with Crippen LogP contribution < -0.4 is 16.6 Å². The Hall–Kier alpha value is -0.880. The fourth-order valence-corrected chi connectivity index (χ4v) is 2.93. The van der Waals surface area contributed by atoms with E-state index in [4.69, 9.17) is 5.73 Å². The molecule has 0 aromatic carbocycles. The molecule has 1 fully saturated rings. The highest BCUT2D eigenvalue weighted by atomic mass is 79.9. The molecule has 3 N–H and O–H groups in total. The molecule has 2 atom stereocenters. The quantitative estimate of drug-likeness (QED) is 0.833. The molecule has 1 aromatic rings. The van der Waals surface area contributed by atoms with Crippen LogP contribution in [-0.4, -0.2) is 21.9 Å². The monoisotopic (exact) mass is 328 g/mol. The summed E-state index contributed by atoms with van der Waals surface area (Å²) < 4.78 is 1.98. The average molecular weight is 329 g/mol. The van der Waals surface area contributed by atoms with Crippen LogP contribution in [0, 0.1) is 0 Å². The number of aryl methyl sites for hydroxylation is 1. The Bertz CT molecular complexity index is 488. The number of nitrogens with zero attached hydrogens (tertiary/aromatic N) is 2. The van der Waals surface area contributed by atoms with Gasteiger partial charge in [0.15, 0.2) is 0 Å². The number of hydrogen-bond donors (Lipinski definition) is 2. The van der Waals surface area contributed by atoms with Crippen molar-refractivity contribution >= 4 is 21.6 Å². The van der Waals surface area contributed by atoms with Crippen LogP contribution >= 0.6 is 15.9 Å². The van der Waals surface area contributed by atoms with Crippen molar-refractivity contribution in [2.75, 3.05) is 5.32 Å². The average Bonchev–Trinajstić information content (AvgIpc) is 2.61. The number of nitrogens with two attached hydrogens (primary N) is 1. The molecule has 0 amide bonds. The van der Waals surface area contributed by atoms with Crippen molar-refractivity contribution < 1.29 is 0 Å². The van der Waals surface area contributed by atoms with Crippen LogP contribution in [0.2, 0.25) is 0 Å². The largest absolute Gasteiger partial charge is 0.378 e. The summed E-state index contributed by atoms with van der Waals surface area (Å²) in [5.74, 6) is 0. The van der Waals surface area contributed by atoms with E-state index in [-0.39, 0.29) is 17.6 Å². The number of anilines is 1. The number of halogens is 1. The topological polar surface area (TPSA) is 72.9 Å². The van der Waals surface area contributed by atoms with Gasteiger partial charge in [0.1, 0.15) is 4.47 Å². The van der Waals surface area contributed by atoms with Gasteiger partial charge < -0.3 is 11.1 Å². The molecule has 1 aliphatic rings. The molecule has 0 aliphatic heterocycles. The van der Waals surface area contributed by atoms with E-state index in [1.54, 1.807) is 6.20 Å². The number of rotatable bonds is 3. The predicted molar refractivity (Wildman–Crippen MR) is 80.3 cm³/mol. The van der Waals surface area contributed by atoms with E-state index in [0.29, 0.717) is 11.0 Å². The molecule has 0 bridgehead atoms. The molecular formula is C13H21BrN4O. The van der Waals surface area contributed by atoms with Gasteiger partial charge in [-0.3, -0.25) is 4.79 Å². The summed E-state index contributed by atoms with van der Waals surface area (Å²) in [6.07, 6.45) is 7.40. The molecule has 0 spiro atoms. The zero-order valence-corrected chi connectivity index (χ0v) is 12.8. The second-order valence-corrected chi connectivity index (χ2v) is 5.84. The van der Waals surface area contributed by atoms with Gasteiger partial charge in [-0.25, -0.2) is 4.68 Å². The molecule has 1 heterocycles. The highest BCUT2D eigenvalue weighted by Gasteiger charge is 2.21. The van der Waals surface area contributed by atoms with Crippen molar-refractivity contribution in [1.82, 2.24) is 9.78 Å². The first-order valence-electron chi connectivity index (χ1n) is 6.91. The van der Waals surface area contributed by atoms with Crippen LogP contribution in [0.3, 0.4) is 0 Å². The van der Waals surface area contributed by atoms with E-state index < -0.39 is 0 Å². The van der Waals surface area contributed by atoms with E-state index in [1.165, 1.54) is 23.9 Å². The lowest BCUT2D eigenvalue weighted by Crippen LogP contribution is -2.40. The van der Waals surface area contributed by atoms with E-state index in [0.717, 1.165) is 18.5 Å². The van der Waals surface area contributed by atoms with Crippen molar-refractivity contribution in [1.29, 1.82) is 0 Å². The van der Waals surface area contributed by atoms with Crippen molar-refractivity contribution in [3.63, 3.8) is 0 Å². The molecule has 1 saturated carbocycles. The van der Waals surface area contributed by atoms with E-state index in [2.05, 4.69) is 26.3 Å². The maximum Gasteiger partial charge on any atom is 0.283 e. The van der Waals surface area contributed by atoms with E-state index in [1.807, 2.05) is 6.92 Å². The first kappa shape index (κ1) is 14.5. The molecule has 106 valence electrons. The zero-order chi connectivity index (χ0) is 13.8. The van der Waals surface area contributed by atoms with Crippen molar-refractivity contribution in [2.24, 2.45) is 5.73 Å². The first-order chi connectivity index (χ1) is 9.13. The maximum absolute atomic E-state index is 12.0. The smallest absolute Gasteiger partial charge is 0.283 e. The number of nitrogens with one attached hydrogen (secondary N) is 1. The maximum atomic E-state index is 12.0. The Kier molecular flexibility index (Phi) is 4.99. The normalized spacial score (nSPS) is 23.9. The van der Waals surface area contributed by atoms with Crippen LogP contribution in [-0.2, 0) is 6.54 Å². The second kappa shape index (κ2) is 6.52. The summed E-state index contributed by atoms with van der Waals surface area (Å²) >= 11 is 3.36. The van der Waals surface area contributed by atoms with Crippen molar-refractivity contribution in [3.8, 4) is 0 Å². The summed E-state index contributed by atoms with van der Waals surface area (Å²) in [4.78, 5) is 12.0. The van der Waals surface area contributed by atoms with Gasteiger partial charge in [-0.15, -0.1) is 0 Å². The van der Waals surface area contributed by atoms with Crippen LogP contribution in [0.1, 0.15) is 39.0 Å². The van der Waals surface area contributed by atoms with Crippen molar-refractivity contribution in [3.05, 3.63) is 21.0 Å². The fourth-order valence-electron chi connectivity index (χ4n) is 2.51. The Labute approximate surface area is 121 Å². The lowest BCUT2D eigenvalue weighted by molar-refractivity contribution is 0.526. The zero-order valence-electron chi connectivity index (χ0n) is 11.2. The Morgan fingerprint density at radius 1 is 1.47 bits per heavy atom. The highest BCUT2D eigenvalue weighted by Crippen LogP contribution is 2.23. The summed E-state index contributed by atoms with van der Waals surface area (Å²) in [7, 11) is 0. The van der Waals surface area contributed by atoms with Crippen LogP contribution in [0.4, 0.5) is 5.69 Å². The molecule has 1 aliphatic carbocycles. The van der Waals surface area contributed by atoms with Gasteiger partial charge in [0.25, 0.3) is 5.56 Å². The highest BCUT2D eigenvalue weighted by molar-refractivity contribution is 9.10. The Balaban J connectivity index is 2.18. The Morgan fingerprint density at radius 2 is 2.21 bits per heavy atom. The molecular weight excluding hydrogens is 308 g/mol. The minimum absolute atomic E-state index is 0.102. The minimum Gasteiger partial charge on any atom is -0.378 e. The first-order valence-corrected chi connectivity index (χ1v) is 7.70. The van der Waals surface area contributed by atoms with Gasteiger partial charge in [0, 0.05) is 18.6 Å². The van der Waals surface area contributed by atoms with Gasteiger partial charge in [-0.1, -0.05) is 19.3 Å². The number of hydrogen-bond acceptors (Lipinski definition) is 4. The van der Waals surface area contributed by atoms with E-state index in [9.17, 15) is 4.79 Å². The summed E-state index contributed by atoms with van der Waals surface area (Å²) in [5.41, 5.74) is 6.83. The van der Waals surface area contributed by atoms with Gasteiger partial charge in [-0.2, -0.15) is 5.10 Å². The lowest BCUT2D eigenvalue weighted by Gasteiger charge is -2.24. The Morgan fingerprint density at radius 3 is 2.95 bits per heavy atom. The molecule has 1 aromatic heterocycles. The van der Waals surface area contributed by atoms with Crippen molar-refractivity contribution in [2.45, 2.75) is 57.7 Å². The van der Waals surface area contributed by atoms with Gasteiger partial charge in [-0.05, 0) is 35.7 Å². The second-order valence-electron chi connectivity index (χ2n) is 5.05. The van der Waals surface area contributed by atoms with Crippen LogP contribution in [0.15, 0.2) is 15.5 Å². The fraction of sp³-hybridized carbons (Fsp3) is 0.692. The third-order valence-corrected chi connectivity index (χ3v) is 4.46. The molecule has 0 radical (unpaired) electrons. The molecule has 2 rings (SSSR count). The summed E-state index contributed by atoms with van der Waals surface area (Å²) in [6, 6.07) is 0.362. The molecule has 5 nitrogen and oxygen atoms in total. The predicted octanol–water partition coefficient (Wildman–Crippen LogP) is 2.10. The molecule has 0 saturated heterocycles. The van der Waals surface area contributed by atoms with Crippen LogP contribution in [0.25, 0.3) is 0 Å². The molecule has 6 heteroatoms. The minimum atomic E-state index is -0.102. The van der Waals surface area contributed by atoms with Gasteiger partial charge in [0.2, 0.25) is 0 Å². The van der Waals surface area contributed by atoms with Gasteiger partial charge in [0.05, 0.1) is 11.9 Å². The van der Waals surface area contributed by atoms with E-state index >= 15 is 0 Å². The standard InChI is InChI=1S/C13H21BrN4O/c1-2-18-13(19)12(14)11(8-16-18)17-10-7-5-3-4-6-9(10)15/h8-10,17H,2-7,15H2,1H3.